The van der Waals surface area contributed by atoms with Crippen LogP contribution in [0.3, 0.4) is 0 Å². The van der Waals surface area contributed by atoms with E-state index in [1.54, 1.807) is 0 Å². The minimum atomic E-state index is -0.128. The van der Waals surface area contributed by atoms with Gasteiger partial charge >= 0.3 is 5.97 Å². The number of halogens is 1. The van der Waals surface area contributed by atoms with Crippen LogP contribution in [-0.2, 0) is 9.53 Å². The average Bonchev–Trinajstić information content (AvgIpc) is 2.04. The quantitative estimate of drug-likeness (QED) is 0.478. The molecule has 0 aliphatic heterocycles. The number of esters is 1. The van der Waals surface area contributed by atoms with Crippen LogP contribution in [-0.4, -0.2) is 18.5 Å². The van der Waals surface area contributed by atoms with Crippen LogP contribution in [0.4, 0.5) is 0 Å². The lowest BCUT2D eigenvalue weighted by atomic mass is 10.0. The summed E-state index contributed by atoms with van der Waals surface area (Å²) >= 11 is 5.68. The fourth-order valence-electron chi connectivity index (χ4n) is 1.10. The van der Waals surface area contributed by atoms with E-state index in [4.69, 9.17) is 16.3 Å². The van der Waals surface area contributed by atoms with E-state index in [-0.39, 0.29) is 11.9 Å². The molecule has 0 saturated carbocycles. The van der Waals surface area contributed by atoms with Crippen LogP contribution < -0.4 is 0 Å². The minimum absolute atomic E-state index is 0.128. The van der Waals surface area contributed by atoms with Gasteiger partial charge in [-0.25, -0.2) is 0 Å². The number of hydrogen-bond donors (Lipinski definition) is 0. The predicted molar refractivity (Wildman–Crippen MR) is 50.4 cm³/mol. The fourth-order valence-corrected chi connectivity index (χ4v) is 1.36. The third-order valence-corrected chi connectivity index (χ3v) is 2.11. The predicted octanol–water partition coefficient (Wildman–Crippen LogP) is 2.59. The second-order valence-corrected chi connectivity index (χ2v) is 3.13. The van der Waals surface area contributed by atoms with Gasteiger partial charge in [-0.2, -0.15) is 0 Å². The first-order valence-corrected chi connectivity index (χ1v) is 4.99. The van der Waals surface area contributed by atoms with Crippen molar-refractivity contribution in [3.05, 3.63) is 0 Å². The molecule has 0 aromatic heterocycles. The van der Waals surface area contributed by atoms with Gasteiger partial charge in [-0.1, -0.05) is 13.3 Å². The van der Waals surface area contributed by atoms with Crippen molar-refractivity contribution < 1.29 is 9.53 Å². The van der Waals surface area contributed by atoms with Gasteiger partial charge in [0.15, 0.2) is 0 Å². The summed E-state index contributed by atoms with van der Waals surface area (Å²) in [5.41, 5.74) is 0. The van der Waals surface area contributed by atoms with Crippen LogP contribution in [0.5, 0.6) is 0 Å². The second kappa shape index (κ2) is 7.41. The second-order valence-electron chi connectivity index (χ2n) is 2.82. The van der Waals surface area contributed by atoms with E-state index in [0.717, 1.165) is 12.8 Å². The largest absolute Gasteiger partial charge is 0.466 e. The standard InChI is InChI=1S/C9H17ClO2/c1-3-5-8(7-10)6-9(11)12-4-2/h8H,3-7H2,1-2H3. The van der Waals surface area contributed by atoms with E-state index in [0.29, 0.717) is 18.9 Å². The first kappa shape index (κ1) is 11.8. The number of ether oxygens (including phenoxy) is 1. The number of alkyl halides is 1. The fraction of sp³-hybridized carbons (Fsp3) is 0.889. The molecule has 1 atom stereocenters. The Morgan fingerprint density at radius 1 is 1.50 bits per heavy atom. The molecule has 1 unspecified atom stereocenters. The van der Waals surface area contributed by atoms with Crippen LogP contribution in [0.2, 0.25) is 0 Å². The van der Waals surface area contributed by atoms with E-state index in [9.17, 15) is 4.79 Å². The van der Waals surface area contributed by atoms with Gasteiger partial charge < -0.3 is 4.74 Å². The summed E-state index contributed by atoms with van der Waals surface area (Å²) in [5, 5.41) is 0. The van der Waals surface area contributed by atoms with Gasteiger partial charge in [-0.3, -0.25) is 4.79 Å². The molecule has 0 bridgehead atoms. The molecule has 0 N–H and O–H groups in total. The molecule has 12 heavy (non-hydrogen) atoms. The summed E-state index contributed by atoms with van der Waals surface area (Å²) in [5.74, 6) is 0.708. The summed E-state index contributed by atoms with van der Waals surface area (Å²) < 4.78 is 4.82. The molecule has 0 amide bonds. The van der Waals surface area contributed by atoms with Crippen molar-refractivity contribution in [2.75, 3.05) is 12.5 Å². The third kappa shape index (κ3) is 5.42. The molecule has 2 nitrogen and oxygen atoms in total. The zero-order valence-corrected chi connectivity index (χ0v) is 8.56. The smallest absolute Gasteiger partial charge is 0.306 e. The lowest BCUT2D eigenvalue weighted by Gasteiger charge is -2.10. The summed E-state index contributed by atoms with van der Waals surface area (Å²) in [6.45, 7) is 4.36. The van der Waals surface area contributed by atoms with Gasteiger partial charge in [0.1, 0.15) is 0 Å². The van der Waals surface area contributed by atoms with Crippen molar-refractivity contribution in [3.8, 4) is 0 Å². The van der Waals surface area contributed by atoms with Gasteiger partial charge in [0.2, 0.25) is 0 Å². The summed E-state index contributed by atoms with van der Waals surface area (Å²) in [7, 11) is 0. The van der Waals surface area contributed by atoms with Gasteiger partial charge in [0.05, 0.1) is 6.61 Å². The van der Waals surface area contributed by atoms with Gasteiger partial charge in [-0.15, -0.1) is 11.6 Å². The zero-order valence-electron chi connectivity index (χ0n) is 7.81. The van der Waals surface area contributed by atoms with Crippen molar-refractivity contribution in [2.24, 2.45) is 5.92 Å². The Morgan fingerprint density at radius 3 is 2.58 bits per heavy atom. The Bertz CT molecular complexity index is 126. The molecule has 0 radical (unpaired) electrons. The molecule has 3 heteroatoms. The van der Waals surface area contributed by atoms with Crippen LogP contribution in [0.25, 0.3) is 0 Å². The van der Waals surface area contributed by atoms with Crippen molar-refractivity contribution in [2.45, 2.75) is 33.1 Å². The lowest BCUT2D eigenvalue weighted by Crippen LogP contribution is -2.12. The Labute approximate surface area is 79.2 Å². The van der Waals surface area contributed by atoms with E-state index in [2.05, 4.69) is 6.92 Å². The van der Waals surface area contributed by atoms with Crippen LogP contribution in [0.15, 0.2) is 0 Å². The number of carbonyl (C=O) groups excluding carboxylic acids is 1. The Balaban J connectivity index is 3.61. The molecule has 0 aromatic carbocycles. The van der Waals surface area contributed by atoms with E-state index in [1.165, 1.54) is 0 Å². The van der Waals surface area contributed by atoms with Crippen LogP contribution in [0, 0.1) is 5.92 Å². The van der Waals surface area contributed by atoms with Gasteiger partial charge in [-0.05, 0) is 19.3 Å². The number of rotatable bonds is 6. The third-order valence-electron chi connectivity index (χ3n) is 1.68. The number of hydrogen-bond acceptors (Lipinski definition) is 2. The molecule has 0 aliphatic rings. The molecule has 0 aliphatic carbocycles. The average molecular weight is 193 g/mol. The maximum absolute atomic E-state index is 11.0. The highest BCUT2D eigenvalue weighted by molar-refractivity contribution is 6.18. The molecule has 72 valence electrons. The van der Waals surface area contributed by atoms with Crippen LogP contribution >= 0.6 is 11.6 Å². The SMILES string of the molecule is CCCC(CCl)CC(=O)OCC. The summed E-state index contributed by atoms with van der Waals surface area (Å²) in [4.78, 5) is 11.0. The van der Waals surface area contributed by atoms with Gasteiger partial charge in [0.25, 0.3) is 0 Å². The molecule has 0 rings (SSSR count). The van der Waals surface area contributed by atoms with Crippen LogP contribution in [0.1, 0.15) is 33.1 Å². The lowest BCUT2D eigenvalue weighted by molar-refractivity contribution is -0.144. The molecule has 0 fully saturated rings. The highest BCUT2D eigenvalue weighted by atomic mass is 35.5. The maximum atomic E-state index is 11.0. The van der Waals surface area contributed by atoms with E-state index < -0.39 is 0 Å². The minimum Gasteiger partial charge on any atom is -0.466 e. The molecular weight excluding hydrogens is 176 g/mol. The van der Waals surface area contributed by atoms with Crippen molar-refractivity contribution in [1.29, 1.82) is 0 Å². The summed E-state index contributed by atoms with van der Waals surface area (Å²) in [6, 6.07) is 0. The highest BCUT2D eigenvalue weighted by Gasteiger charge is 2.12. The summed E-state index contributed by atoms with van der Waals surface area (Å²) in [6.07, 6.45) is 2.53. The Hall–Kier alpha value is -0.240. The zero-order chi connectivity index (χ0) is 9.40. The monoisotopic (exact) mass is 192 g/mol. The Morgan fingerprint density at radius 2 is 2.17 bits per heavy atom. The van der Waals surface area contributed by atoms with Crippen molar-refractivity contribution in [3.63, 3.8) is 0 Å². The normalized spacial score (nSPS) is 12.6. The molecule has 0 aromatic rings. The first-order valence-electron chi connectivity index (χ1n) is 4.46. The van der Waals surface area contributed by atoms with Crippen molar-refractivity contribution >= 4 is 17.6 Å². The van der Waals surface area contributed by atoms with Crippen molar-refractivity contribution in [1.82, 2.24) is 0 Å². The van der Waals surface area contributed by atoms with E-state index in [1.807, 2.05) is 6.92 Å². The molecule has 0 heterocycles. The maximum Gasteiger partial charge on any atom is 0.306 e. The first-order chi connectivity index (χ1) is 5.74. The highest BCUT2D eigenvalue weighted by Crippen LogP contribution is 2.13. The molecule has 0 spiro atoms. The number of carbonyl (C=O) groups is 1. The van der Waals surface area contributed by atoms with Gasteiger partial charge in [0, 0.05) is 12.3 Å². The van der Waals surface area contributed by atoms with E-state index >= 15 is 0 Å². The topological polar surface area (TPSA) is 26.3 Å². The molecule has 0 saturated heterocycles. The Kier molecular flexibility index (Phi) is 7.26. The molecular formula is C9H17ClO2.